The molecule has 0 unspecified atom stereocenters. The molecule has 148 valence electrons. The summed E-state index contributed by atoms with van der Waals surface area (Å²) in [6.45, 7) is 1.46. The zero-order valence-corrected chi connectivity index (χ0v) is 17.6. The molecule has 0 spiro atoms. The highest BCUT2D eigenvalue weighted by molar-refractivity contribution is 9.10. The van der Waals surface area contributed by atoms with E-state index in [2.05, 4.69) is 15.9 Å². The molecule has 0 aromatic heterocycles. The predicted molar refractivity (Wildman–Crippen MR) is 109 cm³/mol. The Morgan fingerprint density at radius 2 is 1.75 bits per heavy atom. The topological polar surface area (TPSA) is 57.7 Å². The number of hydrogen-bond acceptors (Lipinski definition) is 3. The van der Waals surface area contributed by atoms with Gasteiger partial charge in [0.2, 0.25) is 10.0 Å². The van der Waals surface area contributed by atoms with Gasteiger partial charge in [-0.1, -0.05) is 6.07 Å². The van der Waals surface area contributed by atoms with Crippen molar-refractivity contribution >= 4 is 37.5 Å². The van der Waals surface area contributed by atoms with Gasteiger partial charge >= 0.3 is 0 Å². The minimum atomic E-state index is -3.63. The SMILES string of the molecule is O=C(c1cc(S(=O)(=O)N2CCCC2)ccc1Br)N1CCCc2ccc(F)cc21. The molecule has 2 heterocycles. The van der Waals surface area contributed by atoms with E-state index in [0.29, 0.717) is 29.8 Å². The first kappa shape index (κ1) is 19.5. The molecule has 0 atom stereocenters. The van der Waals surface area contributed by atoms with Crippen LogP contribution >= 0.6 is 15.9 Å². The number of carbonyl (C=O) groups excluding carboxylic acids is 1. The van der Waals surface area contributed by atoms with E-state index in [0.717, 1.165) is 31.2 Å². The maximum atomic E-state index is 13.8. The van der Waals surface area contributed by atoms with Crippen molar-refractivity contribution in [3.63, 3.8) is 0 Å². The van der Waals surface area contributed by atoms with Gasteiger partial charge in [0.05, 0.1) is 16.1 Å². The zero-order chi connectivity index (χ0) is 19.9. The summed E-state index contributed by atoms with van der Waals surface area (Å²) in [7, 11) is -3.63. The molecule has 0 aliphatic carbocycles. The highest BCUT2D eigenvalue weighted by Gasteiger charge is 2.30. The fraction of sp³-hybridized carbons (Fsp3) is 0.350. The number of nitrogens with zero attached hydrogens (tertiary/aromatic N) is 2. The molecule has 2 aromatic carbocycles. The zero-order valence-electron chi connectivity index (χ0n) is 15.2. The first-order valence-corrected chi connectivity index (χ1v) is 11.5. The second-order valence-electron chi connectivity index (χ2n) is 7.09. The van der Waals surface area contributed by atoms with Crippen LogP contribution in [0.4, 0.5) is 10.1 Å². The van der Waals surface area contributed by atoms with Gasteiger partial charge in [-0.3, -0.25) is 4.79 Å². The Morgan fingerprint density at radius 1 is 1.00 bits per heavy atom. The fourth-order valence-electron chi connectivity index (χ4n) is 3.81. The van der Waals surface area contributed by atoms with Crippen LogP contribution in [0, 0.1) is 5.82 Å². The number of fused-ring (bicyclic) bond motifs is 1. The van der Waals surface area contributed by atoms with Crippen molar-refractivity contribution in [3.8, 4) is 0 Å². The molecule has 1 saturated heterocycles. The van der Waals surface area contributed by atoms with Gasteiger partial charge < -0.3 is 4.90 Å². The van der Waals surface area contributed by atoms with Crippen molar-refractivity contribution in [2.45, 2.75) is 30.6 Å². The average Bonchev–Trinajstić information content (AvgIpc) is 3.23. The molecule has 2 aliphatic heterocycles. The first-order chi connectivity index (χ1) is 13.4. The summed E-state index contributed by atoms with van der Waals surface area (Å²) in [5.74, 6) is -0.736. The van der Waals surface area contributed by atoms with Crippen molar-refractivity contribution < 1.29 is 17.6 Å². The standard InChI is InChI=1S/C20H20BrFN2O3S/c21-18-8-7-16(28(26,27)23-9-1-2-10-23)13-17(18)20(25)24-11-3-4-14-5-6-15(22)12-19(14)24/h5-8,12-13H,1-4,9-11H2. The number of carbonyl (C=O) groups is 1. The number of anilines is 1. The van der Waals surface area contributed by atoms with Crippen molar-refractivity contribution in [2.75, 3.05) is 24.5 Å². The lowest BCUT2D eigenvalue weighted by Gasteiger charge is -2.30. The smallest absolute Gasteiger partial charge is 0.259 e. The Labute approximate surface area is 172 Å². The van der Waals surface area contributed by atoms with E-state index >= 15 is 0 Å². The van der Waals surface area contributed by atoms with Crippen molar-refractivity contribution in [2.24, 2.45) is 0 Å². The molecule has 0 N–H and O–H groups in total. The number of rotatable bonds is 3. The Bertz CT molecular complexity index is 1040. The van der Waals surface area contributed by atoms with Gasteiger partial charge in [-0.25, -0.2) is 12.8 Å². The van der Waals surface area contributed by atoms with Crippen LogP contribution in [-0.4, -0.2) is 38.3 Å². The molecule has 5 nitrogen and oxygen atoms in total. The number of sulfonamides is 1. The Morgan fingerprint density at radius 3 is 2.50 bits per heavy atom. The van der Waals surface area contributed by atoms with Crippen molar-refractivity contribution in [3.05, 3.63) is 57.8 Å². The van der Waals surface area contributed by atoms with Gasteiger partial charge in [-0.05, 0) is 77.5 Å². The molecule has 0 radical (unpaired) electrons. The summed E-state index contributed by atoms with van der Waals surface area (Å²) in [5, 5.41) is 0. The summed E-state index contributed by atoms with van der Waals surface area (Å²) < 4.78 is 41.5. The van der Waals surface area contributed by atoms with Gasteiger partial charge in [-0.2, -0.15) is 4.31 Å². The monoisotopic (exact) mass is 466 g/mol. The largest absolute Gasteiger partial charge is 0.308 e. The molecule has 0 bridgehead atoms. The van der Waals surface area contributed by atoms with E-state index in [-0.39, 0.29) is 16.4 Å². The van der Waals surface area contributed by atoms with E-state index in [4.69, 9.17) is 0 Å². The highest BCUT2D eigenvalue weighted by Crippen LogP contribution is 2.32. The lowest BCUT2D eigenvalue weighted by atomic mass is 10.0. The summed E-state index contributed by atoms with van der Waals surface area (Å²) >= 11 is 3.37. The molecule has 8 heteroatoms. The average molecular weight is 467 g/mol. The minimum Gasteiger partial charge on any atom is -0.308 e. The van der Waals surface area contributed by atoms with Crippen LogP contribution < -0.4 is 4.90 Å². The normalized spacial score (nSPS) is 17.6. The first-order valence-electron chi connectivity index (χ1n) is 9.28. The van der Waals surface area contributed by atoms with E-state index in [9.17, 15) is 17.6 Å². The molecular weight excluding hydrogens is 447 g/mol. The summed E-state index contributed by atoms with van der Waals surface area (Å²) in [6.07, 6.45) is 3.24. The quantitative estimate of drug-likeness (QED) is 0.687. The maximum absolute atomic E-state index is 13.8. The number of amides is 1. The van der Waals surface area contributed by atoms with Gasteiger partial charge in [-0.15, -0.1) is 0 Å². The lowest BCUT2D eigenvalue weighted by molar-refractivity contribution is 0.0984. The van der Waals surface area contributed by atoms with Gasteiger partial charge in [0, 0.05) is 24.1 Å². The van der Waals surface area contributed by atoms with Gasteiger partial charge in [0.15, 0.2) is 0 Å². The molecule has 2 aliphatic rings. The van der Waals surface area contributed by atoms with Gasteiger partial charge in [0.1, 0.15) is 5.82 Å². The second kappa shape index (κ2) is 7.57. The summed E-state index contributed by atoms with van der Waals surface area (Å²) in [6, 6.07) is 8.99. The van der Waals surface area contributed by atoms with Crippen LogP contribution in [0.2, 0.25) is 0 Å². The van der Waals surface area contributed by atoms with E-state index in [1.54, 1.807) is 12.1 Å². The van der Waals surface area contributed by atoms with E-state index in [1.165, 1.54) is 33.5 Å². The molecular formula is C20H20BrFN2O3S. The number of hydrogen-bond donors (Lipinski definition) is 0. The third-order valence-corrected chi connectivity index (χ3v) is 7.87. The van der Waals surface area contributed by atoms with E-state index in [1.807, 2.05) is 0 Å². The van der Waals surface area contributed by atoms with Crippen LogP contribution in [-0.2, 0) is 16.4 Å². The Kier molecular flexibility index (Phi) is 5.28. The van der Waals surface area contributed by atoms with Crippen LogP contribution in [0.3, 0.4) is 0 Å². The number of aryl methyl sites for hydroxylation is 1. The van der Waals surface area contributed by atoms with Crippen molar-refractivity contribution in [1.29, 1.82) is 0 Å². The summed E-state index contributed by atoms with van der Waals surface area (Å²) in [4.78, 5) is 14.9. The lowest BCUT2D eigenvalue weighted by Crippen LogP contribution is -2.36. The Hall–Kier alpha value is -1.77. The predicted octanol–water partition coefficient (Wildman–Crippen LogP) is 3.97. The molecule has 28 heavy (non-hydrogen) atoms. The molecule has 2 aromatic rings. The number of halogens is 2. The van der Waals surface area contributed by atoms with E-state index < -0.39 is 15.8 Å². The molecule has 1 amide bonds. The fourth-order valence-corrected chi connectivity index (χ4v) is 5.77. The third-order valence-electron chi connectivity index (χ3n) is 5.28. The minimum absolute atomic E-state index is 0.109. The van der Waals surface area contributed by atoms with Crippen molar-refractivity contribution in [1.82, 2.24) is 4.31 Å². The van der Waals surface area contributed by atoms with Crippen LogP contribution in [0.5, 0.6) is 0 Å². The third kappa shape index (κ3) is 3.49. The van der Waals surface area contributed by atoms with Crippen LogP contribution in [0.1, 0.15) is 35.2 Å². The van der Waals surface area contributed by atoms with Crippen LogP contribution in [0.25, 0.3) is 0 Å². The van der Waals surface area contributed by atoms with Gasteiger partial charge in [0.25, 0.3) is 5.91 Å². The number of benzene rings is 2. The van der Waals surface area contributed by atoms with Crippen LogP contribution in [0.15, 0.2) is 45.8 Å². The highest BCUT2D eigenvalue weighted by atomic mass is 79.9. The Balaban J connectivity index is 1.72. The molecule has 0 saturated carbocycles. The molecule has 4 rings (SSSR count). The molecule has 1 fully saturated rings. The second-order valence-corrected chi connectivity index (χ2v) is 9.88. The maximum Gasteiger partial charge on any atom is 0.259 e. The summed E-state index contributed by atoms with van der Waals surface area (Å²) in [5.41, 5.74) is 1.73.